The van der Waals surface area contributed by atoms with Crippen LogP contribution in [0.4, 0.5) is 5.69 Å². The summed E-state index contributed by atoms with van der Waals surface area (Å²) in [5.41, 5.74) is 2.07. The number of carbonyl (C=O) groups excluding carboxylic acids is 3. The molecule has 1 aromatic rings. The standard InChI is InChI=1S/C25H30ClN3O5/c1-33-23-19(5-3-17(22(23)26)18-4-6-20(31)28-24(18)32)29-11-16(12-29)27-21(13-30)34-14-15-9-25(10-15)7-2-8-25/h3,5,15-16,18,27H,2,4,6-12,14H2,1H3,(H,28,31,32). The highest BCUT2D eigenvalue weighted by Crippen LogP contribution is 2.58. The van der Waals surface area contributed by atoms with Gasteiger partial charge < -0.3 is 19.7 Å². The van der Waals surface area contributed by atoms with Crippen molar-refractivity contribution in [2.75, 3.05) is 31.7 Å². The predicted octanol–water partition coefficient (Wildman–Crippen LogP) is 2.92. The molecule has 2 aliphatic carbocycles. The molecule has 0 aromatic heterocycles. The summed E-state index contributed by atoms with van der Waals surface area (Å²) in [5, 5.41) is 5.91. The lowest BCUT2D eigenvalue weighted by Gasteiger charge is -2.54. The fourth-order valence-corrected chi connectivity index (χ4v) is 6.25. The number of methoxy groups -OCH3 is 1. The molecule has 8 nitrogen and oxygen atoms in total. The third kappa shape index (κ3) is 4.25. The van der Waals surface area contributed by atoms with Crippen LogP contribution in [0.2, 0.25) is 5.02 Å². The van der Waals surface area contributed by atoms with Gasteiger partial charge in [0.25, 0.3) is 5.88 Å². The summed E-state index contributed by atoms with van der Waals surface area (Å²) in [6, 6.07) is 3.77. The normalized spacial score (nSPS) is 23.8. The van der Waals surface area contributed by atoms with Gasteiger partial charge in [0.15, 0.2) is 11.7 Å². The molecule has 34 heavy (non-hydrogen) atoms. The molecular formula is C25H30ClN3O5. The number of nitrogens with zero attached hydrogens (tertiary/aromatic N) is 1. The molecule has 2 saturated carbocycles. The SMILES string of the molecule is COc1c(N2CC(NC(=C=O)OCC3CC4(CCC4)C3)C2)ccc(C2CCC(=O)NC2=O)c1Cl. The van der Waals surface area contributed by atoms with Gasteiger partial charge in [-0.05, 0) is 55.1 Å². The lowest BCUT2D eigenvalue weighted by molar-refractivity contribution is -0.134. The number of imide groups is 1. The van der Waals surface area contributed by atoms with Crippen molar-refractivity contribution in [2.24, 2.45) is 11.3 Å². The Labute approximate surface area is 204 Å². The Hall–Kier alpha value is -2.70. The smallest absolute Gasteiger partial charge is 0.275 e. The van der Waals surface area contributed by atoms with Gasteiger partial charge in [0.05, 0.1) is 36.4 Å². The third-order valence-corrected chi connectivity index (χ3v) is 8.29. The van der Waals surface area contributed by atoms with Gasteiger partial charge in [-0.25, -0.2) is 4.79 Å². The first-order valence-electron chi connectivity index (χ1n) is 12.0. The van der Waals surface area contributed by atoms with Gasteiger partial charge in [-0.15, -0.1) is 0 Å². The van der Waals surface area contributed by atoms with Crippen LogP contribution >= 0.6 is 11.6 Å². The Kier molecular flexibility index (Phi) is 6.21. The van der Waals surface area contributed by atoms with Gasteiger partial charge >= 0.3 is 0 Å². The summed E-state index contributed by atoms with van der Waals surface area (Å²) in [6.45, 7) is 1.86. The summed E-state index contributed by atoms with van der Waals surface area (Å²) in [5.74, 6) is 2.04. The molecule has 5 rings (SSSR count). The maximum atomic E-state index is 12.3. The number of amides is 2. The number of benzene rings is 1. The van der Waals surface area contributed by atoms with Crippen LogP contribution in [0.1, 0.15) is 56.4 Å². The van der Waals surface area contributed by atoms with E-state index >= 15 is 0 Å². The first-order chi connectivity index (χ1) is 16.4. The van der Waals surface area contributed by atoms with E-state index in [1.54, 1.807) is 7.11 Å². The van der Waals surface area contributed by atoms with Gasteiger partial charge in [0, 0.05) is 19.5 Å². The maximum absolute atomic E-state index is 12.3. The maximum Gasteiger partial charge on any atom is 0.275 e. The summed E-state index contributed by atoms with van der Waals surface area (Å²) in [6.07, 6.45) is 7.17. The Balaban J connectivity index is 1.15. The molecule has 2 amide bonds. The number of halogens is 1. The second-order valence-corrected chi connectivity index (χ2v) is 10.5. The van der Waals surface area contributed by atoms with Crippen LogP contribution in [0, 0.1) is 11.3 Å². The van der Waals surface area contributed by atoms with E-state index in [1.807, 2.05) is 18.1 Å². The molecule has 4 fully saturated rings. The van der Waals surface area contributed by atoms with E-state index in [0.29, 0.717) is 53.8 Å². The highest BCUT2D eigenvalue weighted by molar-refractivity contribution is 6.33. The van der Waals surface area contributed by atoms with Crippen molar-refractivity contribution in [3.8, 4) is 5.75 Å². The molecular weight excluding hydrogens is 458 g/mol. The van der Waals surface area contributed by atoms with Crippen molar-refractivity contribution in [3.05, 3.63) is 28.6 Å². The van der Waals surface area contributed by atoms with Crippen molar-refractivity contribution in [3.63, 3.8) is 0 Å². The van der Waals surface area contributed by atoms with Crippen LogP contribution in [-0.2, 0) is 19.1 Å². The molecule has 2 aliphatic heterocycles. The number of nitrogens with one attached hydrogen (secondary N) is 2. The van der Waals surface area contributed by atoms with Crippen LogP contribution in [0.5, 0.6) is 5.75 Å². The number of hydrogen-bond donors (Lipinski definition) is 2. The summed E-state index contributed by atoms with van der Waals surface area (Å²) >= 11 is 6.63. The van der Waals surface area contributed by atoms with E-state index in [9.17, 15) is 14.4 Å². The number of rotatable bonds is 8. The first kappa shape index (κ1) is 23.1. The number of hydrogen-bond acceptors (Lipinski definition) is 7. The largest absolute Gasteiger partial charge is 0.493 e. The Morgan fingerprint density at radius 2 is 2.06 bits per heavy atom. The minimum absolute atomic E-state index is 0.0501. The van der Waals surface area contributed by atoms with Crippen molar-refractivity contribution >= 4 is 35.0 Å². The number of anilines is 1. The Bertz CT molecular complexity index is 1040. The molecule has 9 heteroatoms. The molecule has 1 unspecified atom stereocenters. The summed E-state index contributed by atoms with van der Waals surface area (Å²) in [4.78, 5) is 37.2. The second-order valence-electron chi connectivity index (χ2n) is 10.1. The van der Waals surface area contributed by atoms with Crippen LogP contribution in [0.3, 0.4) is 0 Å². The lowest BCUT2D eigenvalue weighted by Crippen LogP contribution is -2.58. The van der Waals surface area contributed by atoms with Crippen molar-refractivity contribution in [2.45, 2.75) is 56.9 Å². The van der Waals surface area contributed by atoms with Crippen molar-refractivity contribution in [1.29, 1.82) is 0 Å². The van der Waals surface area contributed by atoms with Crippen molar-refractivity contribution < 1.29 is 23.9 Å². The molecule has 2 saturated heterocycles. The summed E-state index contributed by atoms with van der Waals surface area (Å²) in [7, 11) is 1.55. The quantitative estimate of drug-likeness (QED) is 0.330. The van der Waals surface area contributed by atoms with Crippen molar-refractivity contribution in [1.82, 2.24) is 10.6 Å². The Morgan fingerprint density at radius 1 is 1.29 bits per heavy atom. The lowest BCUT2D eigenvalue weighted by atomic mass is 9.52. The van der Waals surface area contributed by atoms with Crippen LogP contribution in [0.15, 0.2) is 18.0 Å². The number of carbonyl (C=O) groups is 2. The van der Waals surface area contributed by atoms with Gasteiger partial charge in [0.1, 0.15) is 0 Å². The van der Waals surface area contributed by atoms with E-state index in [4.69, 9.17) is 21.1 Å². The van der Waals surface area contributed by atoms with E-state index in [2.05, 4.69) is 15.5 Å². The molecule has 0 radical (unpaired) electrons. The van der Waals surface area contributed by atoms with Gasteiger partial charge in [0.2, 0.25) is 11.8 Å². The van der Waals surface area contributed by atoms with E-state index < -0.39 is 5.92 Å². The zero-order valence-electron chi connectivity index (χ0n) is 19.3. The van der Waals surface area contributed by atoms with Crippen LogP contribution in [0.25, 0.3) is 0 Å². The summed E-state index contributed by atoms with van der Waals surface area (Å²) < 4.78 is 11.3. The fraction of sp³-hybridized carbons (Fsp3) is 0.600. The van der Waals surface area contributed by atoms with Crippen LogP contribution < -0.4 is 20.3 Å². The number of ether oxygens (including phenoxy) is 2. The molecule has 0 bridgehead atoms. The zero-order chi connectivity index (χ0) is 23.9. The van der Waals surface area contributed by atoms with E-state index in [0.717, 1.165) is 5.69 Å². The third-order valence-electron chi connectivity index (χ3n) is 7.90. The fourth-order valence-electron chi connectivity index (χ4n) is 5.89. The van der Waals surface area contributed by atoms with Crippen LogP contribution in [-0.4, -0.2) is 50.6 Å². The minimum atomic E-state index is -0.480. The van der Waals surface area contributed by atoms with E-state index in [-0.39, 0.29) is 30.2 Å². The highest BCUT2D eigenvalue weighted by Gasteiger charge is 2.48. The predicted molar refractivity (Wildman–Crippen MR) is 126 cm³/mol. The van der Waals surface area contributed by atoms with E-state index in [1.165, 1.54) is 32.1 Å². The molecule has 182 valence electrons. The minimum Gasteiger partial charge on any atom is -0.493 e. The molecule has 1 aromatic carbocycles. The second kappa shape index (κ2) is 9.16. The molecule has 1 atom stereocenters. The number of piperidine rings is 1. The monoisotopic (exact) mass is 487 g/mol. The molecule has 1 spiro atoms. The van der Waals surface area contributed by atoms with Gasteiger partial charge in [-0.3, -0.25) is 14.9 Å². The average molecular weight is 488 g/mol. The zero-order valence-corrected chi connectivity index (χ0v) is 20.1. The molecule has 2 N–H and O–H groups in total. The average Bonchev–Trinajstić information content (AvgIpc) is 2.72. The molecule has 4 aliphatic rings. The Morgan fingerprint density at radius 3 is 2.68 bits per heavy atom. The van der Waals surface area contributed by atoms with Gasteiger partial charge in [-0.2, -0.15) is 0 Å². The first-order valence-corrected chi connectivity index (χ1v) is 12.4. The topological polar surface area (TPSA) is 97.0 Å². The highest BCUT2D eigenvalue weighted by atomic mass is 35.5. The van der Waals surface area contributed by atoms with Gasteiger partial charge in [-0.1, -0.05) is 24.1 Å². The molecule has 2 heterocycles.